The van der Waals surface area contributed by atoms with Gasteiger partial charge in [0, 0.05) is 13.1 Å². The number of fused-ring (bicyclic) bond motifs is 1. The number of carbonyl (C=O) groups is 2. The second-order valence-corrected chi connectivity index (χ2v) is 6.68. The summed E-state index contributed by atoms with van der Waals surface area (Å²) in [5.41, 5.74) is 0.241. The maximum atomic E-state index is 12.5. The van der Waals surface area contributed by atoms with Crippen LogP contribution in [0.3, 0.4) is 0 Å². The molecule has 0 aromatic heterocycles. The Balaban J connectivity index is 1.67. The summed E-state index contributed by atoms with van der Waals surface area (Å²) in [6.07, 6.45) is 3.41. The third kappa shape index (κ3) is 4.18. The van der Waals surface area contributed by atoms with Gasteiger partial charge in [-0.05, 0) is 31.9 Å². The zero-order valence-electron chi connectivity index (χ0n) is 14.3. The van der Waals surface area contributed by atoms with Gasteiger partial charge in [-0.15, -0.1) is 0 Å². The molecule has 0 radical (unpaired) electrons. The van der Waals surface area contributed by atoms with Crippen LogP contribution in [0.15, 0.2) is 12.1 Å². The van der Waals surface area contributed by atoms with E-state index in [1.165, 1.54) is 12.1 Å². The molecule has 0 bridgehead atoms. The second-order valence-electron chi connectivity index (χ2n) is 6.27. The summed E-state index contributed by atoms with van der Waals surface area (Å²) in [6.45, 7) is 3.85. The van der Waals surface area contributed by atoms with Crippen molar-refractivity contribution in [3.63, 3.8) is 0 Å². The number of nitrogens with zero attached hydrogens (tertiary/aromatic N) is 1. The molecule has 136 valence electrons. The van der Waals surface area contributed by atoms with E-state index in [-0.39, 0.29) is 16.5 Å². The zero-order valence-corrected chi connectivity index (χ0v) is 15.0. The standard InChI is InChI=1S/C18H22ClNO5/c1-12(17(21)20-6-4-2-3-5-7-20)25-18(22)13-10-14(19)16-15(11-13)23-8-9-24-16/h10-12H,2-9H2,1H3/t12-/m1/s1. The van der Waals surface area contributed by atoms with E-state index in [0.717, 1.165) is 38.8 Å². The summed E-state index contributed by atoms with van der Waals surface area (Å²) in [4.78, 5) is 26.7. The Labute approximate surface area is 152 Å². The van der Waals surface area contributed by atoms with Crippen molar-refractivity contribution in [3.05, 3.63) is 22.7 Å². The van der Waals surface area contributed by atoms with Crippen LogP contribution >= 0.6 is 11.6 Å². The van der Waals surface area contributed by atoms with Gasteiger partial charge < -0.3 is 19.1 Å². The van der Waals surface area contributed by atoms with Crippen LogP contribution in [0, 0.1) is 0 Å². The lowest BCUT2D eigenvalue weighted by Gasteiger charge is -2.24. The molecular weight excluding hydrogens is 346 g/mol. The lowest BCUT2D eigenvalue weighted by Crippen LogP contribution is -2.40. The number of benzene rings is 1. The first-order chi connectivity index (χ1) is 12.1. The Kier molecular flexibility index (Phi) is 5.68. The minimum Gasteiger partial charge on any atom is -0.486 e. The topological polar surface area (TPSA) is 65.1 Å². The Morgan fingerprint density at radius 1 is 1.12 bits per heavy atom. The third-order valence-electron chi connectivity index (χ3n) is 4.38. The Hall–Kier alpha value is -1.95. The Morgan fingerprint density at radius 3 is 2.52 bits per heavy atom. The van der Waals surface area contributed by atoms with Crippen molar-refractivity contribution in [2.75, 3.05) is 26.3 Å². The molecule has 1 fully saturated rings. The van der Waals surface area contributed by atoms with Gasteiger partial charge in [-0.2, -0.15) is 0 Å². The molecule has 7 heteroatoms. The van der Waals surface area contributed by atoms with E-state index in [9.17, 15) is 9.59 Å². The summed E-state index contributed by atoms with van der Waals surface area (Å²) < 4.78 is 16.2. The number of amides is 1. The van der Waals surface area contributed by atoms with E-state index < -0.39 is 12.1 Å². The molecule has 0 spiro atoms. The minimum absolute atomic E-state index is 0.154. The summed E-state index contributed by atoms with van der Waals surface area (Å²) in [5, 5.41) is 0.288. The van der Waals surface area contributed by atoms with E-state index in [4.69, 9.17) is 25.8 Å². The van der Waals surface area contributed by atoms with Crippen molar-refractivity contribution in [2.45, 2.75) is 38.7 Å². The molecule has 1 atom stereocenters. The molecule has 0 aliphatic carbocycles. The fourth-order valence-electron chi connectivity index (χ4n) is 3.06. The average molecular weight is 368 g/mol. The first-order valence-corrected chi connectivity index (χ1v) is 9.03. The molecule has 3 rings (SSSR count). The van der Waals surface area contributed by atoms with Crippen molar-refractivity contribution >= 4 is 23.5 Å². The summed E-state index contributed by atoms with van der Waals surface area (Å²) in [7, 11) is 0. The predicted molar refractivity (Wildman–Crippen MR) is 92.4 cm³/mol. The molecule has 1 amide bonds. The smallest absolute Gasteiger partial charge is 0.339 e. The Bertz CT molecular complexity index is 655. The molecule has 0 saturated carbocycles. The van der Waals surface area contributed by atoms with Gasteiger partial charge in [-0.25, -0.2) is 4.79 Å². The average Bonchev–Trinajstić information content (AvgIpc) is 2.90. The summed E-state index contributed by atoms with van der Waals surface area (Å²) in [5.74, 6) is 0.0868. The summed E-state index contributed by atoms with van der Waals surface area (Å²) in [6, 6.07) is 3.01. The number of hydrogen-bond acceptors (Lipinski definition) is 5. The van der Waals surface area contributed by atoms with E-state index in [1.54, 1.807) is 11.8 Å². The van der Waals surface area contributed by atoms with Crippen LogP contribution in [0.25, 0.3) is 0 Å². The van der Waals surface area contributed by atoms with Gasteiger partial charge in [0.2, 0.25) is 0 Å². The number of halogens is 1. The lowest BCUT2D eigenvalue weighted by molar-refractivity contribution is -0.139. The molecule has 1 aromatic rings. The molecule has 1 aromatic carbocycles. The molecule has 2 aliphatic rings. The quantitative estimate of drug-likeness (QED) is 0.768. The highest BCUT2D eigenvalue weighted by Crippen LogP contribution is 2.38. The van der Waals surface area contributed by atoms with Crippen LogP contribution in [0.1, 0.15) is 43.0 Å². The summed E-state index contributed by atoms with van der Waals surface area (Å²) >= 11 is 6.14. The number of likely N-dealkylation sites (tertiary alicyclic amines) is 1. The number of hydrogen-bond donors (Lipinski definition) is 0. The highest BCUT2D eigenvalue weighted by Gasteiger charge is 2.26. The maximum absolute atomic E-state index is 12.5. The monoisotopic (exact) mass is 367 g/mol. The highest BCUT2D eigenvalue weighted by atomic mass is 35.5. The van der Waals surface area contributed by atoms with Gasteiger partial charge in [0.25, 0.3) is 5.91 Å². The first-order valence-electron chi connectivity index (χ1n) is 8.65. The van der Waals surface area contributed by atoms with Crippen LogP contribution < -0.4 is 9.47 Å². The van der Waals surface area contributed by atoms with Crippen molar-refractivity contribution in [1.29, 1.82) is 0 Å². The highest BCUT2D eigenvalue weighted by molar-refractivity contribution is 6.32. The largest absolute Gasteiger partial charge is 0.486 e. The molecule has 0 unspecified atom stereocenters. The van der Waals surface area contributed by atoms with Gasteiger partial charge in [0.15, 0.2) is 17.6 Å². The van der Waals surface area contributed by atoms with Crippen molar-refractivity contribution in [3.8, 4) is 11.5 Å². The van der Waals surface area contributed by atoms with E-state index in [0.29, 0.717) is 24.7 Å². The van der Waals surface area contributed by atoms with Gasteiger partial charge in [-0.3, -0.25) is 4.79 Å². The second kappa shape index (κ2) is 7.95. The van der Waals surface area contributed by atoms with Gasteiger partial charge in [0.05, 0.1) is 10.6 Å². The number of rotatable bonds is 3. The fourth-order valence-corrected chi connectivity index (χ4v) is 3.32. The number of ether oxygens (including phenoxy) is 3. The minimum atomic E-state index is -0.836. The van der Waals surface area contributed by atoms with Crippen LogP contribution in [-0.2, 0) is 9.53 Å². The van der Waals surface area contributed by atoms with E-state index >= 15 is 0 Å². The fraction of sp³-hybridized carbons (Fsp3) is 0.556. The van der Waals surface area contributed by atoms with Gasteiger partial charge >= 0.3 is 5.97 Å². The van der Waals surface area contributed by atoms with Crippen molar-refractivity contribution < 1.29 is 23.8 Å². The SMILES string of the molecule is C[C@@H](OC(=O)c1cc(Cl)c2c(c1)OCCO2)C(=O)N1CCCCCC1. The third-order valence-corrected chi connectivity index (χ3v) is 4.66. The van der Waals surface area contributed by atoms with Crippen molar-refractivity contribution in [2.24, 2.45) is 0 Å². The number of carbonyl (C=O) groups excluding carboxylic acids is 2. The van der Waals surface area contributed by atoms with Crippen LogP contribution in [0.5, 0.6) is 11.5 Å². The first kappa shape index (κ1) is 17.9. The molecule has 2 aliphatic heterocycles. The molecule has 2 heterocycles. The van der Waals surface area contributed by atoms with Gasteiger partial charge in [-0.1, -0.05) is 24.4 Å². The lowest BCUT2D eigenvalue weighted by atomic mass is 10.2. The zero-order chi connectivity index (χ0) is 17.8. The molecular formula is C18H22ClNO5. The Morgan fingerprint density at radius 2 is 1.80 bits per heavy atom. The van der Waals surface area contributed by atoms with Crippen molar-refractivity contribution in [1.82, 2.24) is 4.90 Å². The van der Waals surface area contributed by atoms with Crippen LogP contribution in [0.4, 0.5) is 0 Å². The van der Waals surface area contributed by atoms with Crippen LogP contribution in [-0.4, -0.2) is 49.2 Å². The van der Waals surface area contributed by atoms with Crippen LogP contribution in [0.2, 0.25) is 5.02 Å². The normalized spacial score (nSPS) is 18.2. The number of esters is 1. The predicted octanol–water partition coefficient (Wildman–Crippen LogP) is 3.06. The molecule has 0 N–H and O–H groups in total. The molecule has 6 nitrogen and oxygen atoms in total. The van der Waals surface area contributed by atoms with E-state index in [1.807, 2.05) is 0 Å². The maximum Gasteiger partial charge on any atom is 0.339 e. The van der Waals surface area contributed by atoms with E-state index in [2.05, 4.69) is 0 Å². The molecule has 1 saturated heterocycles. The van der Waals surface area contributed by atoms with Gasteiger partial charge in [0.1, 0.15) is 13.2 Å². The molecule has 25 heavy (non-hydrogen) atoms.